The summed E-state index contributed by atoms with van der Waals surface area (Å²) in [5.41, 5.74) is 0.326. The number of hydrogen-bond donors (Lipinski definition) is 1. The lowest BCUT2D eigenvalue weighted by molar-refractivity contribution is -0.159. The molecule has 2 spiro atoms. The first-order chi connectivity index (χ1) is 51.6. The van der Waals surface area contributed by atoms with Crippen molar-refractivity contribution in [2.24, 2.45) is 34.5 Å². The van der Waals surface area contributed by atoms with Gasteiger partial charge in [0.2, 0.25) is 11.8 Å². The number of carbonyl (C=O) groups excluding carboxylic acids is 8. The number of ketones is 2. The molecule has 22 heteroatoms. The highest BCUT2D eigenvalue weighted by Crippen LogP contribution is 2.60. The number of amides is 2. The number of phenolic OH excluding ortho intramolecular Hbond substituents is 1. The molecule has 2 amide bonds. The Morgan fingerprint density at radius 3 is 1.51 bits per heavy atom. The summed E-state index contributed by atoms with van der Waals surface area (Å²) in [5, 5.41) is 12.1. The molecule has 5 fully saturated rings. The standard InChI is InChI=1S/C46H63N3O9.C40H52N2O8/c1-6-36-41-34(35-26-33(15-16-37(35)47-36)56-24-21-48-19-22-54-23-20-48)17-18-45(58-41)28-38-39(50)29-46(43(53)55-7-2)27-32(46)14-12-10-8-9-11-13-31(42(52)49(38)30-45)25-40(51)57-44(3,4)5;1-6-30-35-28(29-20-27(43)15-16-31(29)41-30)17-18-39(50-35)22-32-33(44)23-40(37(47)48-7-2)21-26(40)14-12-10-8-9-11-13-25(36(46)42(32)24-39)19-34(45)49-38(3,4)5/h12,14-16,26,31-32,38H,6-11,13,17-25,27-30H2,1-5H3;12,14-16,20,25-26,32,43H,6-11,13,17-19,21-24H2,1-5H3/b2*14-12-/t31-,32-,38+,45-,46-;25-,26-,32+,39-,40-/m11/s1. The van der Waals surface area contributed by atoms with Gasteiger partial charge in [0.1, 0.15) is 52.0 Å². The number of esters is 4. The zero-order valence-corrected chi connectivity index (χ0v) is 65.5. The molecule has 13 rings (SSSR count). The molecule has 9 heterocycles. The molecule has 2 saturated carbocycles. The third-order valence-electron chi connectivity index (χ3n) is 23.6. The third-order valence-corrected chi connectivity index (χ3v) is 23.6. The Morgan fingerprint density at radius 2 is 1.06 bits per heavy atom. The summed E-state index contributed by atoms with van der Waals surface area (Å²) >= 11 is 0. The molecule has 10 atom stereocenters. The van der Waals surface area contributed by atoms with Gasteiger partial charge in [0, 0.05) is 79.1 Å². The van der Waals surface area contributed by atoms with Crippen molar-refractivity contribution in [3.05, 3.63) is 83.2 Å². The third kappa shape index (κ3) is 18.1. The zero-order chi connectivity index (χ0) is 76.9. The van der Waals surface area contributed by atoms with Crippen molar-refractivity contribution in [2.75, 3.05) is 65.8 Å². The topological polar surface area (TPSA) is 266 Å². The highest BCUT2D eigenvalue weighted by molar-refractivity contribution is 5.98. The van der Waals surface area contributed by atoms with Gasteiger partial charge in [0.25, 0.3) is 0 Å². The first kappa shape index (κ1) is 79.6. The molecule has 108 heavy (non-hydrogen) atoms. The maximum Gasteiger partial charge on any atom is 0.313 e. The van der Waals surface area contributed by atoms with Crippen LogP contribution < -0.4 is 14.2 Å². The van der Waals surface area contributed by atoms with Crippen LogP contribution in [0.25, 0.3) is 21.8 Å². The number of nitrogens with zero attached hydrogens (tertiary/aromatic N) is 5. The Morgan fingerprint density at radius 1 is 0.593 bits per heavy atom. The Labute approximate surface area is 636 Å². The van der Waals surface area contributed by atoms with E-state index in [0.717, 1.165) is 140 Å². The van der Waals surface area contributed by atoms with Crippen LogP contribution in [0.3, 0.4) is 0 Å². The number of Topliss-reactive ketones (excluding diaryl/α,β-unsaturated/α-hetero) is 2. The molecule has 4 aromatic rings. The van der Waals surface area contributed by atoms with Crippen LogP contribution in [0.4, 0.5) is 0 Å². The zero-order valence-electron chi connectivity index (χ0n) is 65.5. The minimum atomic E-state index is -0.940. The largest absolute Gasteiger partial charge is 0.508 e. The maximum atomic E-state index is 14.9. The second-order valence-electron chi connectivity index (χ2n) is 33.8. The van der Waals surface area contributed by atoms with E-state index < -0.39 is 69.1 Å². The molecule has 3 saturated heterocycles. The SMILES string of the molecule is CCOC(=O)[C@]12CC(=O)[C@@H]3C[C@]4(CCc5c(c(CC)nc6ccc(O)cc56)O4)CN3C(=O)[C@@H](CC(=O)OC(C)(C)C)CCCCC/C=C\[C@@H]1C2.CCOC(=O)[C@]12CC(=O)[C@@H]3C[C@]4(CCc5c(c(CC)nc6ccc(OCCN7CCOCC7)cc56)O4)CN3C(=O)[C@@H](CC(=O)OC(C)(C)C)CCCCC/C=C\[C@@H]1C2. The lowest BCUT2D eigenvalue weighted by atomic mass is 9.85. The number of rotatable bonds is 14. The van der Waals surface area contributed by atoms with Crippen LogP contribution in [0.15, 0.2) is 60.7 Å². The van der Waals surface area contributed by atoms with Crippen LogP contribution in [0, 0.1) is 34.5 Å². The average molecular weight is 1490 g/mol. The van der Waals surface area contributed by atoms with E-state index in [1.807, 2.05) is 66.7 Å². The van der Waals surface area contributed by atoms with Gasteiger partial charge in [0.05, 0.1) is 97.7 Å². The second kappa shape index (κ2) is 33.3. The van der Waals surface area contributed by atoms with Crippen molar-refractivity contribution in [3.8, 4) is 23.0 Å². The molecule has 586 valence electrons. The number of hydrogen-bond acceptors (Lipinski definition) is 20. The van der Waals surface area contributed by atoms with E-state index in [2.05, 4.69) is 42.2 Å². The van der Waals surface area contributed by atoms with E-state index in [9.17, 15) is 43.5 Å². The fourth-order valence-corrected chi connectivity index (χ4v) is 17.9. The normalized spacial score (nSPS) is 28.9. The number of morpholine rings is 1. The van der Waals surface area contributed by atoms with E-state index >= 15 is 0 Å². The molecule has 2 aliphatic carbocycles. The van der Waals surface area contributed by atoms with Crippen LogP contribution in [-0.4, -0.2) is 177 Å². The van der Waals surface area contributed by atoms with Crippen LogP contribution >= 0.6 is 0 Å². The molecule has 0 radical (unpaired) electrons. The van der Waals surface area contributed by atoms with Gasteiger partial charge >= 0.3 is 23.9 Å². The number of carbonyl (C=O) groups is 8. The number of pyridine rings is 2. The van der Waals surface area contributed by atoms with E-state index in [4.69, 9.17) is 47.9 Å². The molecule has 2 aromatic carbocycles. The number of phenols is 1. The smallest absolute Gasteiger partial charge is 0.313 e. The maximum absolute atomic E-state index is 14.9. The molecule has 22 nitrogen and oxygen atoms in total. The minimum absolute atomic E-state index is 0.0145. The van der Waals surface area contributed by atoms with Crippen molar-refractivity contribution in [1.29, 1.82) is 0 Å². The van der Waals surface area contributed by atoms with Crippen molar-refractivity contribution < 1.29 is 81.4 Å². The fraction of sp³-hybridized carbons (Fsp3) is 0.651. The quantitative estimate of drug-likeness (QED) is 0.0698. The number of aromatic hydroxyl groups is 1. The van der Waals surface area contributed by atoms with E-state index in [0.29, 0.717) is 83.0 Å². The highest BCUT2D eigenvalue weighted by Gasteiger charge is 2.65. The predicted octanol–water partition coefficient (Wildman–Crippen LogP) is 13.1. The molecule has 9 aliphatic rings. The molecule has 0 bridgehead atoms. The molecule has 2 aromatic heterocycles. The van der Waals surface area contributed by atoms with Gasteiger partial charge in [-0.3, -0.25) is 43.3 Å². The summed E-state index contributed by atoms with van der Waals surface area (Å²) in [7, 11) is 0. The van der Waals surface area contributed by atoms with Crippen LogP contribution in [-0.2, 0) is 87.7 Å². The highest BCUT2D eigenvalue weighted by atomic mass is 16.6. The van der Waals surface area contributed by atoms with Crippen LogP contribution in [0.2, 0.25) is 0 Å². The summed E-state index contributed by atoms with van der Waals surface area (Å²) in [6, 6.07) is 9.55. The first-order valence-corrected chi connectivity index (χ1v) is 40.3. The van der Waals surface area contributed by atoms with Gasteiger partial charge in [-0.05, 0) is 194 Å². The Kier molecular flexibility index (Phi) is 24.5. The lowest BCUT2D eigenvalue weighted by Crippen LogP contribution is -2.47. The van der Waals surface area contributed by atoms with Gasteiger partial charge in [-0.15, -0.1) is 0 Å². The molecule has 1 N–H and O–H groups in total. The van der Waals surface area contributed by atoms with Crippen molar-refractivity contribution in [1.82, 2.24) is 24.7 Å². The minimum Gasteiger partial charge on any atom is -0.508 e. The number of fused-ring (bicyclic) bond motifs is 10. The van der Waals surface area contributed by atoms with Gasteiger partial charge in [-0.25, -0.2) is 9.97 Å². The Bertz CT molecular complexity index is 4090. The van der Waals surface area contributed by atoms with Gasteiger partial charge < -0.3 is 52.8 Å². The first-order valence-electron chi connectivity index (χ1n) is 40.3. The molecular weight excluding hydrogens is 1370 g/mol. The van der Waals surface area contributed by atoms with E-state index in [1.165, 1.54) is 0 Å². The van der Waals surface area contributed by atoms with Gasteiger partial charge in [-0.1, -0.05) is 63.8 Å². The van der Waals surface area contributed by atoms with Crippen molar-refractivity contribution in [2.45, 2.75) is 258 Å². The summed E-state index contributed by atoms with van der Waals surface area (Å²) in [4.78, 5) is 128. The summed E-state index contributed by atoms with van der Waals surface area (Å²) in [6.45, 7) is 24.0. The summed E-state index contributed by atoms with van der Waals surface area (Å²) in [6.07, 6.45) is 21.4. The molecule has 7 aliphatic heterocycles. The molecule has 0 unspecified atom stereocenters. The summed E-state index contributed by atoms with van der Waals surface area (Å²) < 4.78 is 48.2. The van der Waals surface area contributed by atoms with E-state index in [1.54, 1.807) is 35.8 Å². The average Bonchev–Trinajstić information content (AvgIpc) is 1.52. The number of benzene rings is 2. The van der Waals surface area contributed by atoms with Gasteiger partial charge in [0.15, 0.2) is 11.6 Å². The summed E-state index contributed by atoms with van der Waals surface area (Å²) in [5.74, 6) is -1.59. The number of ether oxygens (including phenoxy) is 8. The Balaban J connectivity index is 0.000000204. The predicted molar refractivity (Wildman–Crippen MR) is 406 cm³/mol. The monoisotopic (exact) mass is 1490 g/mol. The van der Waals surface area contributed by atoms with Gasteiger partial charge in [-0.2, -0.15) is 0 Å². The lowest BCUT2D eigenvalue weighted by Gasteiger charge is -2.37. The number of allylic oxidation sites excluding steroid dienone is 4. The van der Waals surface area contributed by atoms with Crippen LogP contribution in [0.5, 0.6) is 23.0 Å². The van der Waals surface area contributed by atoms with Crippen molar-refractivity contribution >= 4 is 69.1 Å². The van der Waals surface area contributed by atoms with Crippen molar-refractivity contribution in [3.63, 3.8) is 0 Å². The second-order valence-corrected chi connectivity index (χ2v) is 33.8. The molecular formula is C86H115N5O17. The Hall–Kier alpha value is -7.98. The number of aryl methyl sites for hydroxylation is 4. The van der Waals surface area contributed by atoms with Crippen LogP contribution in [0.1, 0.15) is 220 Å². The van der Waals surface area contributed by atoms with E-state index in [-0.39, 0.29) is 111 Å². The number of aromatic nitrogens is 2. The fourth-order valence-electron chi connectivity index (χ4n) is 17.9.